The number of hydrazine groups is 1. The van der Waals surface area contributed by atoms with Crippen molar-refractivity contribution in [3.8, 4) is 11.4 Å². The lowest BCUT2D eigenvalue weighted by atomic mass is 10.1. The summed E-state index contributed by atoms with van der Waals surface area (Å²) in [5.41, 5.74) is 5.61. The van der Waals surface area contributed by atoms with Gasteiger partial charge in [0.1, 0.15) is 5.82 Å². The summed E-state index contributed by atoms with van der Waals surface area (Å²) < 4.78 is 1.00. The molecule has 0 saturated heterocycles. The quantitative estimate of drug-likeness (QED) is 0.676. The van der Waals surface area contributed by atoms with E-state index in [-0.39, 0.29) is 0 Å². The van der Waals surface area contributed by atoms with Gasteiger partial charge >= 0.3 is 0 Å². The summed E-state index contributed by atoms with van der Waals surface area (Å²) in [6, 6.07) is 7.91. The molecular formula is C13H15BrN4. The van der Waals surface area contributed by atoms with E-state index < -0.39 is 0 Å². The monoisotopic (exact) mass is 306 g/mol. The molecule has 0 bridgehead atoms. The van der Waals surface area contributed by atoms with E-state index in [2.05, 4.69) is 38.2 Å². The summed E-state index contributed by atoms with van der Waals surface area (Å²) >= 11 is 3.45. The fourth-order valence-corrected chi connectivity index (χ4v) is 2.20. The standard InChI is InChI=1S/C13H15BrN4/c1-3-11-8(2)12(18-15)17-13(16-11)9-5-4-6-10(14)7-9/h4-7H,3,15H2,1-2H3,(H,16,17,18). The minimum absolute atomic E-state index is 0.678. The highest BCUT2D eigenvalue weighted by Crippen LogP contribution is 2.24. The Morgan fingerprint density at radius 2 is 2.11 bits per heavy atom. The van der Waals surface area contributed by atoms with Crippen molar-refractivity contribution in [2.75, 3.05) is 5.43 Å². The fourth-order valence-electron chi connectivity index (χ4n) is 1.80. The van der Waals surface area contributed by atoms with Gasteiger partial charge in [0.05, 0.1) is 0 Å². The molecule has 2 aromatic rings. The molecule has 5 heteroatoms. The van der Waals surface area contributed by atoms with Crippen molar-refractivity contribution in [1.82, 2.24) is 9.97 Å². The van der Waals surface area contributed by atoms with Crippen LogP contribution < -0.4 is 11.3 Å². The van der Waals surface area contributed by atoms with Crippen LogP contribution in [0.25, 0.3) is 11.4 Å². The van der Waals surface area contributed by atoms with E-state index in [0.717, 1.165) is 27.7 Å². The maximum Gasteiger partial charge on any atom is 0.161 e. The van der Waals surface area contributed by atoms with Crippen LogP contribution in [0.5, 0.6) is 0 Å². The van der Waals surface area contributed by atoms with Gasteiger partial charge in [0.15, 0.2) is 5.82 Å². The normalized spacial score (nSPS) is 10.4. The second-order valence-electron chi connectivity index (χ2n) is 3.98. The smallest absolute Gasteiger partial charge is 0.161 e. The van der Waals surface area contributed by atoms with E-state index >= 15 is 0 Å². The number of hydrogen-bond donors (Lipinski definition) is 2. The summed E-state index contributed by atoms with van der Waals surface area (Å²) in [5, 5.41) is 0. The summed E-state index contributed by atoms with van der Waals surface area (Å²) in [6.45, 7) is 4.04. The highest BCUT2D eigenvalue weighted by molar-refractivity contribution is 9.10. The predicted octanol–water partition coefficient (Wildman–Crippen LogP) is 3.06. The van der Waals surface area contributed by atoms with Crippen LogP contribution in [0.2, 0.25) is 0 Å². The Kier molecular flexibility index (Phi) is 3.93. The van der Waals surface area contributed by atoms with E-state index in [1.54, 1.807) is 0 Å². The second-order valence-corrected chi connectivity index (χ2v) is 4.89. The van der Waals surface area contributed by atoms with Crippen LogP contribution in [0.4, 0.5) is 5.82 Å². The first kappa shape index (κ1) is 13.0. The molecule has 1 aromatic carbocycles. The van der Waals surface area contributed by atoms with Crippen molar-refractivity contribution < 1.29 is 0 Å². The van der Waals surface area contributed by atoms with Crippen molar-refractivity contribution in [2.24, 2.45) is 5.84 Å². The Hall–Kier alpha value is -1.46. The first-order valence-corrected chi connectivity index (χ1v) is 6.55. The number of nitrogens with two attached hydrogens (primary N) is 1. The van der Waals surface area contributed by atoms with Gasteiger partial charge in [-0.2, -0.15) is 0 Å². The Morgan fingerprint density at radius 1 is 1.33 bits per heavy atom. The highest BCUT2D eigenvalue weighted by atomic mass is 79.9. The lowest BCUT2D eigenvalue weighted by molar-refractivity contribution is 0.973. The van der Waals surface area contributed by atoms with Gasteiger partial charge in [0.25, 0.3) is 0 Å². The maximum atomic E-state index is 5.50. The van der Waals surface area contributed by atoms with Gasteiger partial charge < -0.3 is 5.43 Å². The van der Waals surface area contributed by atoms with Crippen molar-refractivity contribution in [1.29, 1.82) is 0 Å². The molecule has 0 unspecified atom stereocenters. The fraction of sp³-hybridized carbons (Fsp3) is 0.231. The van der Waals surface area contributed by atoms with Gasteiger partial charge in [-0.05, 0) is 25.5 Å². The zero-order chi connectivity index (χ0) is 13.1. The maximum absolute atomic E-state index is 5.50. The molecule has 0 aliphatic rings. The summed E-state index contributed by atoms with van der Waals surface area (Å²) in [7, 11) is 0. The molecule has 2 rings (SSSR count). The molecule has 0 saturated carbocycles. The van der Waals surface area contributed by atoms with Crippen LogP contribution in [0, 0.1) is 6.92 Å². The molecule has 3 N–H and O–H groups in total. The molecule has 0 amide bonds. The molecule has 94 valence electrons. The second kappa shape index (κ2) is 5.46. The predicted molar refractivity (Wildman–Crippen MR) is 77.1 cm³/mol. The van der Waals surface area contributed by atoms with Crippen LogP contribution in [0.1, 0.15) is 18.2 Å². The van der Waals surface area contributed by atoms with E-state index in [1.165, 1.54) is 0 Å². The van der Waals surface area contributed by atoms with E-state index in [1.807, 2.05) is 31.2 Å². The van der Waals surface area contributed by atoms with Gasteiger partial charge in [0, 0.05) is 21.3 Å². The van der Waals surface area contributed by atoms with Crippen LogP contribution in [0.15, 0.2) is 28.7 Å². The SMILES string of the molecule is CCc1nc(-c2cccc(Br)c2)nc(NN)c1C. The van der Waals surface area contributed by atoms with E-state index in [9.17, 15) is 0 Å². The number of nitrogens with one attached hydrogen (secondary N) is 1. The third kappa shape index (κ3) is 2.52. The number of rotatable bonds is 3. The average molecular weight is 307 g/mol. The number of hydrogen-bond acceptors (Lipinski definition) is 4. The molecule has 0 aliphatic carbocycles. The zero-order valence-corrected chi connectivity index (χ0v) is 12.0. The van der Waals surface area contributed by atoms with Gasteiger partial charge in [-0.25, -0.2) is 15.8 Å². The third-order valence-corrected chi connectivity index (χ3v) is 3.29. The number of nitrogen functional groups attached to an aromatic ring is 1. The largest absolute Gasteiger partial charge is 0.308 e. The van der Waals surface area contributed by atoms with Crippen molar-refractivity contribution >= 4 is 21.7 Å². The molecule has 1 heterocycles. The number of halogens is 1. The van der Waals surface area contributed by atoms with Crippen molar-refractivity contribution in [3.05, 3.63) is 40.0 Å². The Labute approximate surface area is 115 Å². The molecule has 18 heavy (non-hydrogen) atoms. The number of anilines is 1. The Morgan fingerprint density at radius 3 is 2.72 bits per heavy atom. The lowest BCUT2D eigenvalue weighted by Gasteiger charge is -2.11. The average Bonchev–Trinajstić information content (AvgIpc) is 2.39. The van der Waals surface area contributed by atoms with Gasteiger partial charge in [-0.1, -0.05) is 35.0 Å². The molecular weight excluding hydrogens is 292 g/mol. The number of aryl methyl sites for hydroxylation is 1. The van der Waals surface area contributed by atoms with Crippen LogP contribution in [0.3, 0.4) is 0 Å². The Balaban J connectivity index is 2.58. The van der Waals surface area contributed by atoms with Gasteiger partial charge in [-0.15, -0.1) is 0 Å². The summed E-state index contributed by atoms with van der Waals surface area (Å²) in [4.78, 5) is 9.03. The molecule has 1 aromatic heterocycles. The zero-order valence-electron chi connectivity index (χ0n) is 10.4. The topological polar surface area (TPSA) is 63.8 Å². The van der Waals surface area contributed by atoms with Gasteiger partial charge in [-0.3, -0.25) is 0 Å². The van der Waals surface area contributed by atoms with E-state index in [0.29, 0.717) is 11.6 Å². The van der Waals surface area contributed by atoms with E-state index in [4.69, 9.17) is 5.84 Å². The molecule has 4 nitrogen and oxygen atoms in total. The minimum Gasteiger partial charge on any atom is -0.308 e. The number of benzene rings is 1. The first-order valence-electron chi connectivity index (χ1n) is 5.75. The third-order valence-electron chi connectivity index (χ3n) is 2.80. The van der Waals surface area contributed by atoms with Gasteiger partial charge in [0.2, 0.25) is 0 Å². The summed E-state index contributed by atoms with van der Waals surface area (Å²) in [5.74, 6) is 6.87. The molecule has 0 atom stereocenters. The minimum atomic E-state index is 0.678. The van der Waals surface area contributed by atoms with Crippen LogP contribution >= 0.6 is 15.9 Å². The summed E-state index contributed by atoms with van der Waals surface area (Å²) in [6.07, 6.45) is 0.851. The van der Waals surface area contributed by atoms with Crippen LogP contribution in [-0.4, -0.2) is 9.97 Å². The molecule has 0 spiro atoms. The lowest BCUT2D eigenvalue weighted by Crippen LogP contribution is -2.13. The first-order chi connectivity index (χ1) is 8.65. The Bertz CT molecular complexity index is 544. The molecule has 0 aliphatic heterocycles. The highest BCUT2D eigenvalue weighted by Gasteiger charge is 2.10. The number of nitrogens with zero attached hydrogens (tertiary/aromatic N) is 2. The molecule has 0 fully saturated rings. The number of aromatic nitrogens is 2. The molecule has 0 radical (unpaired) electrons. The van der Waals surface area contributed by atoms with Crippen molar-refractivity contribution in [3.63, 3.8) is 0 Å². The van der Waals surface area contributed by atoms with Crippen molar-refractivity contribution in [2.45, 2.75) is 20.3 Å². The van der Waals surface area contributed by atoms with Crippen LogP contribution in [-0.2, 0) is 6.42 Å².